The fraction of sp³-hybridized carbons (Fsp3) is 1.00. The van der Waals surface area contributed by atoms with E-state index in [9.17, 15) is 0 Å². The zero-order chi connectivity index (χ0) is 9.03. The Balaban J connectivity index is 0. The summed E-state index contributed by atoms with van der Waals surface area (Å²) in [5, 5.41) is 6.89. The monoisotopic (exact) mass is 175 g/mol. The molecule has 0 spiro atoms. The smallest absolute Gasteiger partial charge is 0.0460 e. The lowest BCUT2D eigenvalue weighted by Gasteiger charge is -2.31. The van der Waals surface area contributed by atoms with Crippen LogP contribution in [-0.2, 0) is 0 Å². The molecular weight excluding hydrogens is 150 g/mol. The van der Waals surface area contributed by atoms with Crippen molar-refractivity contribution in [1.82, 2.24) is 15.5 Å². The Morgan fingerprint density at radius 2 is 2.25 bits per heavy atom. The number of hydrogen-bond acceptors (Lipinski definition) is 3. The Morgan fingerprint density at radius 3 is 2.67 bits per heavy atom. The summed E-state index contributed by atoms with van der Waals surface area (Å²) in [6, 6.07) is 0. The predicted octanol–water partition coefficient (Wildman–Crippen LogP) is 0.729. The molecule has 1 heterocycles. The summed E-state index contributed by atoms with van der Waals surface area (Å²) in [5.74, 6) is 0. The van der Waals surface area contributed by atoms with Crippen molar-refractivity contribution in [2.75, 3.05) is 33.4 Å². The van der Waals surface area contributed by atoms with Crippen LogP contribution < -0.4 is 10.6 Å². The lowest BCUT2D eigenvalue weighted by molar-refractivity contribution is 0.238. The van der Waals surface area contributed by atoms with Gasteiger partial charge in [0.15, 0.2) is 0 Å². The minimum atomic E-state index is 0. The molecule has 1 saturated heterocycles. The number of nitrogens with zero attached hydrogens (tertiary/aromatic N) is 1. The normalized spacial score (nSPS) is 30.0. The van der Waals surface area contributed by atoms with Gasteiger partial charge in [-0.15, -0.1) is 0 Å². The number of hydrogen-bond donors (Lipinski definition) is 2. The molecular formula is C9H25N3. The molecule has 0 bridgehead atoms. The molecule has 0 aromatic carbocycles. The summed E-state index contributed by atoms with van der Waals surface area (Å²) in [4.78, 5) is 2.36. The van der Waals surface area contributed by atoms with E-state index in [0.717, 1.165) is 26.3 Å². The molecule has 1 aliphatic rings. The second-order valence-corrected chi connectivity index (χ2v) is 3.74. The molecule has 76 valence electrons. The quantitative estimate of drug-likeness (QED) is 0.659. The van der Waals surface area contributed by atoms with Gasteiger partial charge in [0.05, 0.1) is 0 Å². The van der Waals surface area contributed by atoms with E-state index in [2.05, 4.69) is 36.4 Å². The molecule has 2 N–H and O–H groups in total. The van der Waals surface area contributed by atoms with E-state index in [0.29, 0.717) is 5.54 Å². The highest BCUT2D eigenvalue weighted by atomic mass is 15.2. The fourth-order valence-electron chi connectivity index (χ4n) is 1.72. The molecule has 12 heavy (non-hydrogen) atoms. The Labute approximate surface area is 78.5 Å². The predicted molar refractivity (Wildman–Crippen MR) is 56.4 cm³/mol. The van der Waals surface area contributed by atoms with Crippen molar-refractivity contribution in [1.29, 1.82) is 0 Å². The van der Waals surface area contributed by atoms with Gasteiger partial charge in [0.1, 0.15) is 0 Å². The summed E-state index contributed by atoms with van der Waals surface area (Å²) in [7, 11) is 2.18. The van der Waals surface area contributed by atoms with Crippen molar-refractivity contribution < 1.29 is 2.85 Å². The molecule has 0 radical (unpaired) electrons. The second kappa shape index (κ2) is 4.21. The summed E-state index contributed by atoms with van der Waals surface area (Å²) in [5.41, 5.74) is 0.324. The van der Waals surface area contributed by atoms with Gasteiger partial charge in [-0.3, -0.25) is 5.32 Å². The molecule has 1 unspecified atom stereocenters. The Morgan fingerprint density at radius 1 is 1.50 bits per heavy atom. The minimum absolute atomic E-state index is 0. The maximum absolute atomic E-state index is 3.53. The van der Waals surface area contributed by atoms with Crippen molar-refractivity contribution in [2.45, 2.75) is 25.8 Å². The van der Waals surface area contributed by atoms with Crippen LogP contribution in [0.5, 0.6) is 0 Å². The Hall–Kier alpha value is -0.120. The highest BCUT2D eigenvalue weighted by Crippen LogP contribution is 2.13. The Kier molecular flexibility index (Phi) is 3.50. The van der Waals surface area contributed by atoms with Crippen LogP contribution in [0.1, 0.15) is 23.1 Å². The molecule has 3 nitrogen and oxygen atoms in total. The Bertz CT molecular complexity index is 138. The third-order valence-corrected chi connectivity index (χ3v) is 2.84. The van der Waals surface area contributed by atoms with Gasteiger partial charge in [0.2, 0.25) is 0 Å². The van der Waals surface area contributed by atoms with Crippen molar-refractivity contribution in [3.05, 3.63) is 0 Å². The van der Waals surface area contributed by atoms with E-state index in [-0.39, 0.29) is 2.85 Å². The van der Waals surface area contributed by atoms with Gasteiger partial charge in [-0.05, 0) is 20.0 Å². The van der Waals surface area contributed by atoms with Crippen LogP contribution >= 0.6 is 0 Å². The third-order valence-electron chi connectivity index (χ3n) is 2.84. The van der Waals surface area contributed by atoms with E-state index in [4.69, 9.17) is 0 Å². The zero-order valence-electron chi connectivity index (χ0n) is 8.48. The van der Waals surface area contributed by atoms with Crippen LogP contribution in [-0.4, -0.2) is 43.8 Å². The molecule has 0 aromatic heterocycles. The largest absolute Gasteiger partial charge is 0.305 e. The first-order chi connectivity index (χ1) is 5.72. The van der Waals surface area contributed by atoms with Crippen molar-refractivity contribution in [3.8, 4) is 0 Å². The molecule has 0 amide bonds. The number of likely N-dealkylation sites (N-methyl/N-ethyl adjacent to an activating group) is 1. The minimum Gasteiger partial charge on any atom is -0.305 e. The van der Waals surface area contributed by atoms with Crippen molar-refractivity contribution in [3.63, 3.8) is 0 Å². The summed E-state index contributed by atoms with van der Waals surface area (Å²) < 4.78 is 0. The molecule has 1 fully saturated rings. The first kappa shape index (κ1) is 9.96. The maximum Gasteiger partial charge on any atom is 0.0460 e. The van der Waals surface area contributed by atoms with Crippen LogP contribution in [0.4, 0.5) is 0 Å². The molecule has 0 aliphatic carbocycles. The van der Waals surface area contributed by atoms with Gasteiger partial charge in [0, 0.05) is 28.2 Å². The van der Waals surface area contributed by atoms with Crippen LogP contribution in [0.2, 0.25) is 0 Å². The first-order valence-electron chi connectivity index (χ1n) is 4.87. The van der Waals surface area contributed by atoms with E-state index in [1.807, 2.05) is 0 Å². The molecule has 1 aliphatic heterocycles. The lowest BCUT2D eigenvalue weighted by atomic mass is 9.97. The summed E-state index contributed by atoms with van der Waals surface area (Å²) in [6.07, 6.45) is 1.20. The first-order valence-corrected chi connectivity index (χ1v) is 4.87. The second-order valence-electron chi connectivity index (χ2n) is 3.74. The zero-order valence-corrected chi connectivity index (χ0v) is 8.48. The van der Waals surface area contributed by atoms with Gasteiger partial charge in [-0.1, -0.05) is 13.8 Å². The summed E-state index contributed by atoms with van der Waals surface area (Å²) >= 11 is 0. The van der Waals surface area contributed by atoms with E-state index >= 15 is 0 Å². The number of nitrogens with one attached hydrogen (secondary N) is 2. The van der Waals surface area contributed by atoms with Crippen LogP contribution in [0, 0.1) is 0 Å². The molecule has 1 rings (SSSR count). The average Bonchev–Trinajstić information content (AvgIpc) is 2.54. The van der Waals surface area contributed by atoms with Gasteiger partial charge >= 0.3 is 0 Å². The SMILES string of the molecule is CCN(C)CC1(CC)CNCN1.[HH].[HH]. The standard InChI is InChI=1S/C9H21N3.2H2/c1-4-9(6-10-8-11-9)7-12(3)5-2;;/h10-11H,4-8H2,1-3H3;2*1H. The lowest BCUT2D eigenvalue weighted by Crippen LogP contribution is -2.50. The van der Waals surface area contributed by atoms with Crippen molar-refractivity contribution in [2.24, 2.45) is 0 Å². The van der Waals surface area contributed by atoms with E-state index in [1.165, 1.54) is 6.42 Å². The molecule has 0 saturated carbocycles. The van der Waals surface area contributed by atoms with Gasteiger partial charge in [-0.25, -0.2) is 0 Å². The van der Waals surface area contributed by atoms with Crippen LogP contribution in [0.25, 0.3) is 0 Å². The van der Waals surface area contributed by atoms with E-state index < -0.39 is 0 Å². The van der Waals surface area contributed by atoms with Gasteiger partial charge < -0.3 is 10.2 Å². The van der Waals surface area contributed by atoms with Crippen LogP contribution in [0.3, 0.4) is 0 Å². The molecule has 3 heteroatoms. The molecule has 0 aromatic rings. The summed E-state index contributed by atoms with van der Waals surface area (Å²) in [6.45, 7) is 8.80. The number of rotatable bonds is 4. The maximum atomic E-state index is 3.53. The van der Waals surface area contributed by atoms with Crippen molar-refractivity contribution >= 4 is 0 Å². The van der Waals surface area contributed by atoms with Gasteiger partial charge in [0.25, 0.3) is 0 Å². The van der Waals surface area contributed by atoms with Gasteiger partial charge in [-0.2, -0.15) is 0 Å². The fourth-order valence-corrected chi connectivity index (χ4v) is 1.72. The van der Waals surface area contributed by atoms with Crippen LogP contribution in [0.15, 0.2) is 0 Å². The topological polar surface area (TPSA) is 27.3 Å². The van der Waals surface area contributed by atoms with E-state index in [1.54, 1.807) is 0 Å². The molecule has 1 atom stereocenters. The average molecular weight is 175 g/mol. The highest BCUT2D eigenvalue weighted by Gasteiger charge is 2.31. The third kappa shape index (κ3) is 2.19. The highest BCUT2D eigenvalue weighted by molar-refractivity contribution is 4.95.